The largest absolute Gasteiger partial charge is 0.371 e. The van der Waals surface area contributed by atoms with Gasteiger partial charge >= 0.3 is 0 Å². The molecule has 1 aromatic carbocycles. The normalized spacial score (nSPS) is 25.2. The van der Waals surface area contributed by atoms with Crippen LogP contribution >= 0.6 is 0 Å². The third kappa shape index (κ3) is 3.97. The molecule has 2 rings (SSSR count). The molecule has 2 nitrogen and oxygen atoms in total. The number of anilines is 1. The van der Waals surface area contributed by atoms with Crippen LogP contribution in [0.4, 0.5) is 5.69 Å². The third-order valence-electron chi connectivity index (χ3n) is 3.97. The van der Waals surface area contributed by atoms with Gasteiger partial charge in [-0.25, -0.2) is 0 Å². The van der Waals surface area contributed by atoms with Crippen molar-refractivity contribution >= 4 is 5.69 Å². The monoisotopic (exact) mass is 260 g/mol. The Hall–Kier alpha value is -1.02. The summed E-state index contributed by atoms with van der Waals surface area (Å²) < 4.78 is 0. The minimum absolute atomic E-state index is 0.614. The van der Waals surface area contributed by atoms with Crippen LogP contribution in [0.1, 0.15) is 39.2 Å². The molecule has 1 fully saturated rings. The minimum Gasteiger partial charge on any atom is -0.371 e. The molecule has 0 spiro atoms. The Balaban J connectivity index is 2.12. The van der Waals surface area contributed by atoms with Crippen molar-refractivity contribution in [2.24, 2.45) is 11.8 Å². The average Bonchev–Trinajstić information content (AvgIpc) is 2.36. The van der Waals surface area contributed by atoms with Crippen LogP contribution < -0.4 is 10.2 Å². The van der Waals surface area contributed by atoms with Crippen molar-refractivity contribution < 1.29 is 0 Å². The van der Waals surface area contributed by atoms with Crippen LogP contribution in [0, 0.1) is 11.8 Å². The van der Waals surface area contributed by atoms with Gasteiger partial charge in [-0.15, -0.1) is 0 Å². The van der Waals surface area contributed by atoms with E-state index in [1.807, 2.05) is 0 Å². The lowest BCUT2D eigenvalue weighted by molar-refractivity contribution is 0.410. The molecule has 106 valence electrons. The molecule has 1 heterocycles. The van der Waals surface area contributed by atoms with Gasteiger partial charge in [0.05, 0.1) is 0 Å². The molecule has 2 heteroatoms. The first-order chi connectivity index (χ1) is 9.06. The van der Waals surface area contributed by atoms with Gasteiger partial charge in [-0.05, 0) is 48.5 Å². The van der Waals surface area contributed by atoms with E-state index in [9.17, 15) is 0 Å². The Morgan fingerprint density at radius 1 is 1.00 bits per heavy atom. The van der Waals surface area contributed by atoms with Gasteiger partial charge in [0.1, 0.15) is 0 Å². The molecular formula is C17H28N2. The fourth-order valence-corrected chi connectivity index (χ4v) is 2.81. The maximum absolute atomic E-state index is 3.56. The lowest BCUT2D eigenvalue weighted by Gasteiger charge is -2.33. The van der Waals surface area contributed by atoms with Crippen molar-refractivity contribution in [3.05, 3.63) is 29.8 Å². The maximum Gasteiger partial charge on any atom is 0.0366 e. The molecule has 19 heavy (non-hydrogen) atoms. The molecule has 0 radical (unpaired) electrons. The zero-order chi connectivity index (χ0) is 13.8. The Kier molecular flexibility index (Phi) is 4.87. The maximum atomic E-state index is 3.56. The fraction of sp³-hybridized carbons (Fsp3) is 0.647. The molecule has 2 unspecified atom stereocenters. The second-order valence-electron chi connectivity index (χ2n) is 6.52. The summed E-state index contributed by atoms with van der Waals surface area (Å²) >= 11 is 0. The number of nitrogens with one attached hydrogen (secondary N) is 1. The summed E-state index contributed by atoms with van der Waals surface area (Å²) in [4.78, 5) is 2.56. The Morgan fingerprint density at radius 3 is 2.00 bits per heavy atom. The standard InChI is InChI=1S/C17H28N2/c1-13(2)16-5-7-17(8-6-16)19-11-14(3)9-18-10-15(4)12-19/h5-8,13-15,18H,9-12H2,1-4H3. The van der Waals surface area contributed by atoms with Crippen LogP contribution in [-0.4, -0.2) is 26.2 Å². The van der Waals surface area contributed by atoms with Crippen LogP contribution in [0.5, 0.6) is 0 Å². The molecule has 1 aliphatic rings. The van der Waals surface area contributed by atoms with Gasteiger partial charge in [-0.2, -0.15) is 0 Å². The highest BCUT2D eigenvalue weighted by molar-refractivity contribution is 5.48. The first-order valence-electron chi connectivity index (χ1n) is 7.62. The second kappa shape index (κ2) is 6.42. The lowest BCUT2D eigenvalue weighted by atomic mass is 10.0. The molecule has 1 aliphatic heterocycles. The Labute approximate surface area is 118 Å². The van der Waals surface area contributed by atoms with Gasteiger partial charge in [-0.1, -0.05) is 39.8 Å². The van der Waals surface area contributed by atoms with Crippen molar-refractivity contribution in [2.75, 3.05) is 31.1 Å². The fourth-order valence-electron chi connectivity index (χ4n) is 2.81. The third-order valence-corrected chi connectivity index (χ3v) is 3.97. The van der Waals surface area contributed by atoms with Gasteiger partial charge in [0, 0.05) is 18.8 Å². The van der Waals surface area contributed by atoms with Crippen LogP contribution in [0.3, 0.4) is 0 Å². The molecule has 0 bridgehead atoms. The van der Waals surface area contributed by atoms with E-state index < -0.39 is 0 Å². The number of benzene rings is 1. The Bertz CT molecular complexity index is 371. The molecule has 0 aliphatic carbocycles. The minimum atomic E-state index is 0.614. The summed E-state index contributed by atoms with van der Waals surface area (Å²) in [5.74, 6) is 2.03. The van der Waals surface area contributed by atoms with E-state index in [1.54, 1.807) is 0 Å². The summed E-state index contributed by atoms with van der Waals surface area (Å²) in [6, 6.07) is 9.16. The highest BCUT2D eigenvalue weighted by atomic mass is 15.1. The summed E-state index contributed by atoms with van der Waals surface area (Å²) in [6.07, 6.45) is 0. The van der Waals surface area contributed by atoms with E-state index >= 15 is 0 Å². The lowest BCUT2D eigenvalue weighted by Crippen LogP contribution is -2.42. The molecular weight excluding hydrogens is 232 g/mol. The summed E-state index contributed by atoms with van der Waals surface area (Å²) in [5.41, 5.74) is 2.81. The highest BCUT2D eigenvalue weighted by Crippen LogP contribution is 2.22. The zero-order valence-corrected chi connectivity index (χ0v) is 12.8. The topological polar surface area (TPSA) is 15.3 Å². The van der Waals surface area contributed by atoms with E-state index in [4.69, 9.17) is 0 Å². The quantitative estimate of drug-likeness (QED) is 0.875. The molecule has 1 saturated heterocycles. The number of rotatable bonds is 2. The molecule has 1 aromatic rings. The van der Waals surface area contributed by atoms with E-state index in [0.29, 0.717) is 17.8 Å². The van der Waals surface area contributed by atoms with E-state index in [0.717, 1.165) is 26.2 Å². The molecule has 0 aromatic heterocycles. The van der Waals surface area contributed by atoms with Crippen LogP contribution in [0.25, 0.3) is 0 Å². The van der Waals surface area contributed by atoms with Crippen LogP contribution in [0.2, 0.25) is 0 Å². The average molecular weight is 260 g/mol. The van der Waals surface area contributed by atoms with Crippen molar-refractivity contribution in [3.8, 4) is 0 Å². The molecule has 1 N–H and O–H groups in total. The predicted molar refractivity (Wildman–Crippen MR) is 83.9 cm³/mol. The zero-order valence-electron chi connectivity index (χ0n) is 12.8. The number of nitrogens with zero attached hydrogens (tertiary/aromatic N) is 1. The number of hydrogen-bond acceptors (Lipinski definition) is 2. The van der Waals surface area contributed by atoms with E-state index in [2.05, 4.69) is 62.2 Å². The van der Waals surface area contributed by atoms with Crippen molar-refractivity contribution in [1.82, 2.24) is 5.32 Å². The van der Waals surface area contributed by atoms with Crippen molar-refractivity contribution in [1.29, 1.82) is 0 Å². The van der Waals surface area contributed by atoms with Gasteiger partial charge in [0.2, 0.25) is 0 Å². The van der Waals surface area contributed by atoms with Crippen molar-refractivity contribution in [3.63, 3.8) is 0 Å². The SMILES string of the molecule is CC1CNCC(C)CN(c2ccc(C(C)C)cc2)C1. The molecule has 0 amide bonds. The van der Waals surface area contributed by atoms with Gasteiger partial charge in [0.15, 0.2) is 0 Å². The predicted octanol–water partition coefficient (Wildman–Crippen LogP) is 3.49. The molecule has 0 saturated carbocycles. The molecule has 2 atom stereocenters. The van der Waals surface area contributed by atoms with Gasteiger partial charge < -0.3 is 10.2 Å². The summed E-state index contributed by atoms with van der Waals surface area (Å²) in [7, 11) is 0. The van der Waals surface area contributed by atoms with Crippen LogP contribution in [0.15, 0.2) is 24.3 Å². The Morgan fingerprint density at radius 2 is 1.53 bits per heavy atom. The van der Waals surface area contributed by atoms with E-state index in [1.165, 1.54) is 11.3 Å². The summed E-state index contributed by atoms with van der Waals surface area (Å²) in [5, 5.41) is 3.56. The van der Waals surface area contributed by atoms with Crippen molar-refractivity contribution in [2.45, 2.75) is 33.6 Å². The smallest absolute Gasteiger partial charge is 0.0366 e. The first-order valence-corrected chi connectivity index (χ1v) is 7.62. The first kappa shape index (κ1) is 14.4. The number of hydrogen-bond donors (Lipinski definition) is 1. The van der Waals surface area contributed by atoms with Gasteiger partial charge in [0.25, 0.3) is 0 Å². The van der Waals surface area contributed by atoms with Crippen LogP contribution in [-0.2, 0) is 0 Å². The van der Waals surface area contributed by atoms with Gasteiger partial charge in [-0.3, -0.25) is 0 Å². The summed E-state index contributed by atoms with van der Waals surface area (Å²) in [6.45, 7) is 13.7. The van der Waals surface area contributed by atoms with E-state index in [-0.39, 0.29) is 0 Å². The highest BCUT2D eigenvalue weighted by Gasteiger charge is 2.17. The second-order valence-corrected chi connectivity index (χ2v) is 6.52.